The van der Waals surface area contributed by atoms with Crippen LogP contribution in [0.25, 0.3) is 0 Å². The normalized spacial score (nSPS) is 16.6. The fourth-order valence-corrected chi connectivity index (χ4v) is 3.91. The first-order valence-corrected chi connectivity index (χ1v) is 10.1. The molecule has 1 amide bonds. The van der Waals surface area contributed by atoms with Crippen molar-refractivity contribution in [3.8, 4) is 0 Å². The summed E-state index contributed by atoms with van der Waals surface area (Å²) in [7, 11) is 0. The van der Waals surface area contributed by atoms with E-state index in [-0.39, 0.29) is 23.7 Å². The summed E-state index contributed by atoms with van der Waals surface area (Å²) >= 11 is 0. The van der Waals surface area contributed by atoms with Gasteiger partial charge in [0.05, 0.1) is 6.04 Å². The molecule has 0 unspecified atom stereocenters. The van der Waals surface area contributed by atoms with Crippen LogP contribution in [-0.2, 0) is 4.79 Å². The molecule has 1 N–H and O–H groups in total. The minimum absolute atomic E-state index is 0.0145. The first-order chi connectivity index (χ1) is 13.4. The number of benzene rings is 2. The molecular weight excluding hydrogens is 348 g/mol. The van der Waals surface area contributed by atoms with Crippen molar-refractivity contribution in [1.29, 1.82) is 0 Å². The van der Waals surface area contributed by atoms with Crippen LogP contribution < -0.4 is 5.32 Å². The lowest BCUT2D eigenvalue weighted by atomic mass is 9.88. The quantitative estimate of drug-likeness (QED) is 0.778. The van der Waals surface area contributed by atoms with E-state index in [4.69, 9.17) is 0 Å². The number of amides is 1. The number of nitrogens with one attached hydrogen (secondary N) is 1. The number of carbonyl (C=O) groups is 2. The Hall–Kier alpha value is -2.46. The van der Waals surface area contributed by atoms with E-state index in [0.717, 1.165) is 53.9 Å². The van der Waals surface area contributed by atoms with Crippen molar-refractivity contribution in [2.24, 2.45) is 5.92 Å². The molecule has 1 heterocycles. The highest BCUT2D eigenvalue weighted by molar-refractivity contribution is 5.98. The lowest BCUT2D eigenvalue weighted by molar-refractivity contribution is -0.121. The number of anilines is 1. The molecule has 1 saturated heterocycles. The molecule has 4 nitrogen and oxygen atoms in total. The third kappa shape index (κ3) is 4.50. The zero-order chi connectivity index (χ0) is 20.3. The summed E-state index contributed by atoms with van der Waals surface area (Å²) in [4.78, 5) is 27.7. The number of hydrogen-bond acceptors (Lipinski definition) is 3. The fourth-order valence-electron chi connectivity index (χ4n) is 3.91. The van der Waals surface area contributed by atoms with E-state index in [1.54, 1.807) is 0 Å². The number of hydrogen-bond donors (Lipinski definition) is 1. The summed E-state index contributed by atoms with van der Waals surface area (Å²) in [6.45, 7) is 9.53. The summed E-state index contributed by atoms with van der Waals surface area (Å²) in [6, 6.07) is 13.6. The second-order valence-corrected chi connectivity index (χ2v) is 7.97. The Morgan fingerprint density at radius 3 is 2.11 bits per heavy atom. The zero-order valence-corrected chi connectivity index (χ0v) is 17.3. The summed E-state index contributed by atoms with van der Waals surface area (Å²) in [5, 5.41) is 3.09. The highest BCUT2D eigenvalue weighted by Crippen LogP contribution is 2.25. The van der Waals surface area contributed by atoms with Gasteiger partial charge in [0.1, 0.15) is 0 Å². The van der Waals surface area contributed by atoms with E-state index >= 15 is 0 Å². The SMILES string of the molecule is Cc1ccc(C(=O)C2CCN([C@@H](C)C(=O)Nc3c(C)cccc3C)CC2)cc1. The monoisotopic (exact) mass is 378 g/mol. The van der Waals surface area contributed by atoms with Crippen molar-refractivity contribution in [3.05, 3.63) is 64.7 Å². The maximum Gasteiger partial charge on any atom is 0.241 e. The highest BCUT2D eigenvalue weighted by atomic mass is 16.2. The van der Waals surface area contributed by atoms with Gasteiger partial charge >= 0.3 is 0 Å². The van der Waals surface area contributed by atoms with Gasteiger partial charge in [-0.3, -0.25) is 14.5 Å². The minimum atomic E-state index is -0.213. The number of ketones is 1. The van der Waals surface area contributed by atoms with Crippen molar-refractivity contribution < 1.29 is 9.59 Å². The molecule has 1 aliphatic rings. The van der Waals surface area contributed by atoms with Crippen molar-refractivity contribution in [2.45, 2.75) is 46.6 Å². The predicted molar refractivity (Wildman–Crippen MR) is 114 cm³/mol. The van der Waals surface area contributed by atoms with Gasteiger partial charge in [0.25, 0.3) is 0 Å². The lowest BCUT2D eigenvalue weighted by Crippen LogP contribution is -2.47. The molecule has 148 valence electrons. The second kappa shape index (κ2) is 8.70. The van der Waals surface area contributed by atoms with Crippen LogP contribution in [0, 0.1) is 26.7 Å². The Kier molecular flexibility index (Phi) is 6.30. The molecule has 0 saturated carbocycles. The van der Waals surface area contributed by atoms with E-state index in [1.165, 1.54) is 0 Å². The average molecular weight is 379 g/mol. The van der Waals surface area contributed by atoms with Gasteiger partial charge in [-0.2, -0.15) is 0 Å². The second-order valence-electron chi connectivity index (χ2n) is 7.97. The molecule has 1 atom stereocenters. The largest absolute Gasteiger partial charge is 0.324 e. The van der Waals surface area contributed by atoms with Crippen LogP contribution in [0.1, 0.15) is 46.8 Å². The minimum Gasteiger partial charge on any atom is -0.324 e. The number of para-hydroxylation sites is 1. The number of aryl methyl sites for hydroxylation is 3. The van der Waals surface area contributed by atoms with Crippen LogP contribution in [0.2, 0.25) is 0 Å². The number of nitrogens with zero attached hydrogens (tertiary/aromatic N) is 1. The van der Waals surface area contributed by atoms with E-state index in [1.807, 2.05) is 70.2 Å². The Morgan fingerprint density at radius 1 is 0.964 bits per heavy atom. The van der Waals surface area contributed by atoms with Crippen molar-refractivity contribution in [3.63, 3.8) is 0 Å². The van der Waals surface area contributed by atoms with Gasteiger partial charge in [0, 0.05) is 17.2 Å². The number of piperidine rings is 1. The molecule has 0 bridgehead atoms. The highest BCUT2D eigenvalue weighted by Gasteiger charge is 2.30. The topological polar surface area (TPSA) is 49.4 Å². The third-order valence-corrected chi connectivity index (χ3v) is 5.89. The Labute approximate surface area is 167 Å². The molecule has 2 aromatic rings. The third-order valence-electron chi connectivity index (χ3n) is 5.89. The zero-order valence-electron chi connectivity index (χ0n) is 17.3. The number of rotatable bonds is 5. The first kappa shape index (κ1) is 20.3. The van der Waals surface area contributed by atoms with Gasteiger partial charge in [-0.15, -0.1) is 0 Å². The standard InChI is InChI=1S/C24H30N2O2/c1-16-8-10-20(11-9-16)23(27)21-12-14-26(15-13-21)19(4)24(28)25-22-17(2)6-5-7-18(22)3/h5-11,19,21H,12-15H2,1-4H3,(H,25,28)/t19-/m0/s1. The molecular formula is C24H30N2O2. The van der Waals surface area contributed by atoms with Gasteiger partial charge in [0.15, 0.2) is 5.78 Å². The van der Waals surface area contributed by atoms with Crippen molar-refractivity contribution >= 4 is 17.4 Å². The van der Waals surface area contributed by atoms with Crippen molar-refractivity contribution in [2.75, 3.05) is 18.4 Å². The van der Waals surface area contributed by atoms with Gasteiger partial charge < -0.3 is 5.32 Å². The molecule has 0 aliphatic carbocycles. The maximum absolute atomic E-state index is 12.8. The molecule has 0 spiro atoms. The smallest absolute Gasteiger partial charge is 0.241 e. The average Bonchev–Trinajstić information content (AvgIpc) is 2.70. The van der Waals surface area contributed by atoms with E-state index in [0.29, 0.717) is 0 Å². The van der Waals surface area contributed by atoms with Crippen molar-refractivity contribution in [1.82, 2.24) is 4.90 Å². The van der Waals surface area contributed by atoms with Gasteiger partial charge in [-0.05, 0) is 64.8 Å². The van der Waals surface area contributed by atoms with Crippen LogP contribution in [0.15, 0.2) is 42.5 Å². The Bertz CT molecular complexity index is 829. The molecule has 1 fully saturated rings. The maximum atomic E-state index is 12.8. The molecule has 4 heteroatoms. The molecule has 3 rings (SSSR count). The number of likely N-dealkylation sites (tertiary alicyclic amines) is 1. The first-order valence-electron chi connectivity index (χ1n) is 10.1. The summed E-state index contributed by atoms with van der Waals surface area (Å²) in [6.07, 6.45) is 1.60. The van der Waals surface area contributed by atoms with Crippen LogP contribution in [0.3, 0.4) is 0 Å². The molecule has 1 aliphatic heterocycles. The fraction of sp³-hybridized carbons (Fsp3) is 0.417. The molecule has 0 radical (unpaired) electrons. The molecule has 28 heavy (non-hydrogen) atoms. The predicted octanol–water partition coefficient (Wildman–Crippen LogP) is 4.53. The van der Waals surface area contributed by atoms with E-state index < -0.39 is 0 Å². The molecule has 2 aromatic carbocycles. The summed E-state index contributed by atoms with van der Waals surface area (Å²) in [5.41, 5.74) is 5.01. The van der Waals surface area contributed by atoms with Crippen LogP contribution in [-0.4, -0.2) is 35.7 Å². The van der Waals surface area contributed by atoms with Crippen LogP contribution in [0.4, 0.5) is 5.69 Å². The number of carbonyl (C=O) groups excluding carboxylic acids is 2. The summed E-state index contributed by atoms with van der Waals surface area (Å²) < 4.78 is 0. The molecule has 0 aromatic heterocycles. The van der Waals surface area contributed by atoms with Gasteiger partial charge in [0.2, 0.25) is 5.91 Å². The van der Waals surface area contributed by atoms with Gasteiger partial charge in [-0.25, -0.2) is 0 Å². The summed E-state index contributed by atoms with van der Waals surface area (Å²) in [5.74, 6) is 0.292. The lowest BCUT2D eigenvalue weighted by Gasteiger charge is -2.35. The number of Topliss-reactive ketones (excluding diaryl/α,β-unsaturated/α-hetero) is 1. The van der Waals surface area contributed by atoms with Crippen LogP contribution in [0.5, 0.6) is 0 Å². The van der Waals surface area contributed by atoms with E-state index in [2.05, 4.69) is 10.2 Å². The van der Waals surface area contributed by atoms with Crippen LogP contribution >= 0.6 is 0 Å². The Morgan fingerprint density at radius 2 is 1.54 bits per heavy atom. The van der Waals surface area contributed by atoms with E-state index in [9.17, 15) is 9.59 Å². The Balaban J connectivity index is 1.57. The van der Waals surface area contributed by atoms with Gasteiger partial charge in [-0.1, -0.05) is 48.0 Å².